The van der Waals surface area contributed by atoms with Gasteiger partial charge in [0, 0.05) is 16.7 Å². The molecule has 0 aliphatic rings. The predicted molar refractivity (Wildman–Crippen MR) is 74.1 cm³/mol. The third-order valence-electron chi connectivity index (χ3n) is 2.61. The number of nitrogens with zero attached hydrogens (tertiary/aromatic N) is 5. The van der Waals surface area contributed by atoms with Crippen molar-refractivity contribution in [2.75, 3.05) is 11.1 Å². The van der Waals surface area contributed by atoms with Crippen molar-refractivity contribution in [1.29, 1.82) is 0 Å². The minimum Gasteiger partial charge on any atom is -0.384 e. The zero-order valence-corrected chi connectivity index (χ0v) is 11.9. The van der Waals surface area contributed by atoms with Gasteiger partial charge < -0.3 is 5.73 Å². The third-order valence-corrected chi connectivity index (χ3v) is 2.61. The number of rotatable bonds is 2. The Morgan fingerprint density at radius 1 is 1.35 bits per heavy atom. The van der Waals surface area contributed by atoms with E-state index in [1.807, 2.05) is 20.8 Å². The van der Waals surface area contributed by atoms with Crippen LogP contribution < -0.4 is 11.1 Å². The van der Waals surface area contributed by atoms with E-state index in [-0.39, 0.29) is 17.3 Å². The van der Waals surface area contributed by atoms with Gasteiger partial charge in [0.1, 0.15) is 5.82 Å². The lowest BCUT2D eigenvalue weighted by Gasteiger charge is -2.18. The molecule has 0 saturated heterocycles. The van der Waals surface area contributed by atoms with Crippen molar-refractivity contribution in [3.63, 3.8) is 0 Å². The molecule has 2 aromatic rings. The fraction of sp³-hybridized carbons (Fsp3) is 0.417. The lowest BCUT2D eigenvalue weighted by Crippen LogP contribution is -2.19. The first-order valence-electron chi connectivity index (χ1n) is 6.09. The largest absolute Gasteiger partial charge is 0.384 e. The highest BCUT2D eigenvalue weighted by Gasteiger charge is 2.19. The molecule has 0 radical (unpaired) electrons. The van der Waals surface area contributed by atoms with Crippen molar-refractivity contribution in [3.8, 4) is 0 Å². The molecular formula is C12H17N7O. The predicted octanol–water partition coefficient (Wildman–Crippen LogP) is 0.737. The number of nitrogens with two attached hydrogens (primary N) is 1. The van der Waals surface area contributed by atoms with Gasteiger partial charge in [-0.15, -0.1) is 5.10 Å². The van der Waals surface area contributed by atoms with E-state index in [0.717, 1.165) is 5.69 Å². The highest BCUT2D eigenvalue weighted by Crippen LogP contribution is 2.22. The molecule has 0 aliphatic carbocycles. The Balaban J connectivity index is 2.28. The number of nitrogens with one attached hydrogen (secondary N) is 1. The van der Waals surface area contributed by atoms with Crippen LogP contribution in [0.4, 0.5) is 11.8 Å². The summed E-state index contributed by atoms with van der Waals surface area (Å²) in [6.07, 6.45) is 0. The van der Waals surface area contributed by atoms with E-state index < -0.39 is 0 Å². The number of carbonyl (C=O) groups is 1. The van der Waals surface area contributed by atoms with E-state index in [2.05, 4.69) is 25.7 Å². The summed E-state index contributed by atoms with van der Waals surface area (Å²) in [4.78, 5) is 17.7. The maximum absolute atomic E-state index is 12.1. The molecule has 0 atom stereocenters. The molecule has 0 aromatic carbocycles. The van der Waals surface area contributed by atoms with Crippen molar-refractivity contribution in [3.05, 3.63) is 23.4 Å². The van der Waals surface area contributed by atoms with Gasteiger partial charge in [0.05, 0.1) is 7.05 Å². The summed E-state index contributed by atoms with van der Waals surface area (Å²) in [5, 5.41) is 13.8. The Kier molecular flexibility index (Phi) is 3.39. The first kappa shape index (κ1) is 13.9. The van der Waals surface area contributed by atoms with Crippen LogP contribution in [0.15, 0.2) is 12.1 Å². The maximum atomic E-state index is 12.1. The minimum absolute atomic E-state index is 0.144. The molecule has 0 bridgehead atoms. The second-order valence-electron chi connectivity index (χ2n) is 5.47. The summed E-state index contributed by atoms with van der Waals surface area (Å²) < 4.78 is 0. The highest BCUT2D eigenvalue weighted by atomic mass is 16.1. The Morgan fingerprint density at radius 2 is 2.05 bits per heavy atom. The van der Waals surface area contributed by atoms with Crippen molar-refractivity contribution in [2.24, 2.45) is 7.05 Å². The normalized spacial score (nSPS) is 11.4. The minimum atomic E-state index is -0.349. The number of hydrogen-bond donors (Lipinski definition) is 2. The number of aromatic nitrogens is 5. The lowest BCUT2D eigenvalue weighted by molar-refractivity contribution is 0.102. The van der Waals surface area contributed by atoms with Crippen LogP contribution >= 0.6 is 0 Å². The van der Waals surface area contributed by atoms with Crippen molar-refractivity contribution in [1.82, 2.24) is 25.2 Å². The molecule has 1 amide bonds. The number of aryl methyl sites for hydroxylation is 1. The molecule has 8 heteroatoms. The first-order valence-corrected chi connectivity index (χ1v) is 6.09. The van der Waals surface area contributed by atoms with Crippen LogP contribution in [0, 0.1) is 0 Å². The van der Waals surface area contributed by atoms with Gasteiger partial charge in [-0.1, -0.05) is 25.9 Å². The average Bonchev–Trinajstić information content (AvgIpc) is 2.72. The zero-order valence-electron chi connectivity index (χ0n) is 11.9. The molecule has 3 N–H and O–H groups in total. The molecule has 8 nitrogen and oxygen atoms in total. The number of amides is 1. The second-order valence-corrected chi connectivity index (χ2v) is 5.47. The number of anilines is 2. The highest BCUT2D eigenvalue weighted by molar-refractivity contribution is 6.03. The Hall–Kier alpha value is -2.51. The number of hydrogen-bond acceptors (Lipinski definition) is 6. The van der Waals surface area contributed by atoms with E-state index in [1.165, 1.54) is 10.9 Å². The summed E-state index contributed by atoms with van der Waals surface area (Å²) in [5.74, 6) is 0.0949. The van der Waals surface area contributed by atoms with E-state index in [0.29, 0.717) is 11.4 Å². The summed E-state index contributed by atoms with van der Waals surface area (Å²) in [6.45, 7) is 6.00. The fourth-order valence-corrected chi connectivity index (χ4v) is 1.58. The molecule has 2 aromatic heterocycles. The van der Waals surface area contributed by atoms with Crippen LogP contribution in [-0.4, -0.2) is 31.1 Å². The van der Waals surface area contributed by atoms with Gasteiger partial charge in [-0.05, 0) is 17.3 Å². The van der Waals surface area contributed by atoms with Gasteiger partial charge in [0.25, 0.3) is 11.9 Å². The van der Waals surface area contributed by atoms with Gasteiger partial charge in [-0.3, -0.25) is 10.1 Å². The molecule has 106 valence electrons. The third kappa shape index (κ3) is 3.08. The number of tetrazole rings is 1. The van der Waals surface area contributed by atoms with Crippen LogP contribution in [0.25, 0.3) is 0 Å². The average molecular weight is 275 g/mol. The fourth-order valence-electron chi connectivity index (χ4n) is 1.58. The van der Waals surface area contributed by atoms with E-state index in [9.17, 15) is 4.79 Å². The van der Waals surface area contributed by atoms with Crippen LogP contribution in [0.1, 0.15) is 36.8 Å². The number of nitrogen functional groups attached to an aromatic ring is 1. The van der Waals surface area contributed by atoms with Crippen molar-refractivity contribution >= 4 is 17.7 Å². The van der Waals surface area contributed by atoms with Crippen LogP contribution in [0.5, 0.6) is 0 Å². The van der Waals surface area contributed by atoms with E-state index in [1.54, 1.807) is 13.1 Å². The van der Waals surface area contributed by atoms with Crippen LogP contribution in [-0.2, 0) is 12.5 Å². The smallest absolute Gasteiger partial charge is 0.270 e. The van der Waals surface area contributed by atoms with Crippen molar-refractivity contribution < 1.29 is 4.79 Å². The Labute approximate surface area is 116 Å². The number of pyridine rings is 1. The summed E-state index contributed by atoms with van der Waals surface area (Å²) in [5.41, 5.74) is 6.71. The molecule has 20 heavy (non-hydrogen) atoms. The second kappa shape index (κ2) is 4.87. The van der Waals surface area contributed by atoms with Gasteiger partial charge in [0.2, 0.25) is 0 Å². The van der Waals surface area contributed by atoms with Crippen LogP contribution in [0.2, 0.25) is 0 Å². The van der Waals surface area contributed by atoms with Crippen LogP contribution in [0.3, 0.4) is 0 Å². The van der Waals surface area contributed by atoms with E-state index in [4.69, 9.17) is 5.73 Å². The monoisotopic (exact) mass is 275 g/mol. The van der Waals surface area contributed by atoms with Gasteiger partial charge in [-0.25, -0.2) is 4.98 Å². The molecule has 0 fully saturated rings. The molecular weight excluding hydrogens is 258 g/mol. The zero-order chi connectivity index (χ0) is 14.9. The lowest BCUT2D eigenvalue weighted by atomic mass is 9.90. The van der Waals surface area contributed by atoms with Gasteiger partial charge >= 0.3 is 0 Å². The summed E-state index contributed by atoms with van der Waals surface area (Å²) >= 11 is 0. The molecule has 0 spiro atoms. The first-order chi connectivity index (χ1) is 9.25. The Morgan fingerprint density at radius 3 is 2.60 bits per heavy atom. The molecule has 0 unspecified atom stereocenters. The van der Waals surface area contributed by atoms with Gasteiger partial charge in [-0.2, -0.15) is 4.80 Å². The molecule has 0 aliphatic heterocycles. The standard InChI is InChI=1S/C12H17N7O/c1-12(2,3)8-5-7(6-9(13)14-8)10(20)15-11-16-18-19(4)17-11/h5-6H,1-4H3,(H2,13,14)(H,15,17,20). The Bertz CT molecular complexity index is 641. The maximum Gasteiger partial charge on any atom is 0.270 e. The summed E-state index contributed by atoms with van der Waals surface area (Å²) in [6, 6.07) is 3.23. The molecule has 2 rings (SSSR count). The van der Waals surface area contributed by atoms with Crippen molar-refractivity contribution in [2.45, 2.75) is 26.2 Å². The molecule has 0 saturated carbocycles. The molecule has 2 heterocycles. The van der Waals surface area contributed by atoms with E-state index >= 15 is 0 Å². The quantitative estimate of drug-likeness (QED) is 0.836. The van der Waals surface area contributed by atoms with Gasteiger partial charge in [0.15, 0.2) is 0 Å². The summed E-state index contributed by atoms with van der Waals surface area (Å²) in [7, 11) is 1.62. The topological polar surface area (TPSA) is 112 Å². The number of carbonyl (C=O) groups excluding carboxylic acids is 1. The SMILES string of the molecule is Cn1nnc(NC(=O)c2cc(N)nc(C(C)(C)C)c2)n1.